The fourth-order valence-corrected chi connectivity index (χ4v) is 3.19. The van der Waals surface area contributed by atoms with Gasteiger partial charge in [-0.3, -0.25) is 4.68 Å². The van der Waals surface area contributed by atoms with Crippen LogP contribution in [0.25, 0.3) is 0 Å². The summed E-state index contributed by atoms with van der Waals surface area (Å²) in [5, 5.41) is 7.70. The first-order valence-corrected chi connectivity index (χ1v) is 7.87. The van der Waals surface area contributed by atoms with Crippen LogP contribution in [0.4, 0.5) is 0 Å². The summed E-state index contributed by atoms with van der Waals surface area (Å²) in [5.41, 5.74) is 0. The normalized spacial score (nSPS) is 18.6. The highest BCUT2D eigenvalue weighted by atomic mass is 15.3. The predicted molar refractivity (Wildman–Crippen MR) is 78.1 cm³/mol. The molecule has 108 valence electrons. The minimum absolute atomic E-state index is 0.538. The van der Waals surface area contributed by atoms with Gasteiger partial charge in [0, 0.05) is 19.0 Å². The minimum Gasteiger partial charge on any atom is -0.317 e. The molecule has 0 aromatic carbocycles. The van der Waals surface area contributed by atoms with Crippen molar-refractivity contribution in [3.63, 3.8) is 0 Å². The van der Waals surface area contributed by atoms with Crippen molar-refractivity contribution in [2.45, 2.75) is 70.9 Å². The number of hydrogen-bond donors (Lipinski definition) is 1. The Morgan fingerprint density at radius 1 is 1.37 bits per heavy atom. The van der Waals surface area contributed by atoms with E-state index in [0.717, 1.165) is 24.7 Å². The highest BCUT2D eigenvalue weighted by Crippen LogP contribution is 2.27. The molecule has 0 saturated heterocycles. The first kappa shape index (κ1) is 14.5. The molecule has 1 fully saturated rings. The monoisotopic (exact) mass is 264 g/mol. The molecule has 0 radical (unpaired) electrons. The molecule has 0 amide bonds. The van der Waals surface area contributed by atoms with Crippen LogP contribution < -0.4 is 5.32 Å². The summed E-state index contributed by atoms with van der Waals surface area (Å²) < 4.78 is 2.00. The van der Waals surface area contributed by atoms with Crippen LogP contribution in [0.2, 0.25) is 0 Å². The summed E-state index contributed by atoms with van der Waals surface area (Å²) in [6.45, 7) is 3.03. The Kier molecular flexibility index (Phi) is 5.83. The van der Waals surface area contributed by atoms with Crippen molar-refractivity contribution in [2.75, 3.05) is 7.05 Å². The zero-order valence-electron chi connectivity index (χ0n) is 12.4. The number of likely N-dealkylation sites (N-methyl/N-ethyl adjacent to an activating group) is 1. The molecule has 1 aromatic rings. The lowest BCUT2D eigenvalue weighted by Gasteiger charge is -2.24. The van der Waals surface area contributed by atoms with Gasteiger partial charge < -0.3 is 5.32 Å². The van der Waals surface area contributed by atoms with Crippen LogP contribution in [0.3, 0.4) is 0 Å². The van der Waals surface area contributed by atoms with Gasteiger partial charge in [0.1, 0.15) is 12.2 Å². The topological polar surface area (TPSA) is 42.7 Å². The number of nitrogens with one attached hydrogen (secondary N) is 1. The molecular formula is C15H28N4. The fraction of sp³-hybridized carbons (Fsp3) is 0.867. The molecule has 1 N–H and O–H groups in total. The summed E-state index contributed by atoms with van der Waals surface area (Å²) in [4.78, 5) is 4.38. The zero-order valence-corrected chi connectivity index (χ0v) is 12.4. The first-order valence-electron chi connectivity index (χ1n) is 7.87. The van der Waals surface area contributed by atoms with Gasteiger partial charge in [-0.15, -0.1) is 0 Å². The van der Waals surface area contributed by atoms with Gasteiger partial charge in [0.05, 0.1) is 0 Å². The van der Waals surface area contributed by atoms with Crippen LogP contribution in [0.15, 0.2) is 6.33 Å². The summed E-state index contributed by atoms with van der Waals surface area (Å²) in [6, 6.07) is 0.538. The third-order valence-corrected chi connectivity index (χ3v) is 4.48. The van der Waals surface area contributed by atoms with Crippen molar-refractivity contribution in [3.8, 4) is 0 Å². The zero-order chi connectivity index (χ0) is 13.5. The van der Waals surface area contributed by atoms with E-state index in [9.17, 15) is 0 Å². The van der Waals surface area contributed by atoms with Crippen molar-refractivity contribution in [3.05, 3.63) is 12.2 Å². The quantitative estimate of drug-likeness (QED) is 0.823. The second-order valence-electron chi connectivity index (χ2n) is 5.76. The van der Waals surface area contributed by atoms with Crippen molar-refractivity contribution < 1.29 is 0 Å². The van der Waals surface area contributed by atoms with Gasteiger partial charge in [0.2, 0.25) is 0 Å². The number of nitrogens with zero attached hydrogens (tertiary/aromatic N) is 3. The standard InChI is InChI=1S/C15H28N4/c1-3-19-15(17-12-18-19)11-14(16-2)10-9-13-7-5-4-6-8-13/h12-14,16H,3-11H2,1-2H3. The molecule has 4 heteroatoms. The van der Waals surface area contributed by atoms with Gasteiger partial charge in [0.25, 0.3) is 0 Å². The Bertz CT molecular complexity index is 355. The lowest BCUT2D eigenvalue weighted by atomic mass is 9.85. The van der Waals surface area contributed by atoms with Crippen molar-refractivity contribution in [1.29, 1.82) is 0 Å². The lowest BCUT2D eigenvalue weighted by molar-refractivity contribution is 0.314. The molecule has 1 aliphatic rings. The van der Waals surface area contributed by atoms with Crippen LogP contribution >= 0.6 is 0 Å². The van der Waals surface area contributed by atoms with Gasteiger partial charge in [0.15, 0.2) is 0 Å². The number of rotatable bonds is 7. The van der Waals surface area contributed by atoms with Gasteiger partial charge in [-0.05, 0) is 32.7 Å². The fourth-order valence-electron chi connectivity index (χ4n) is 3.19. The number of aryl methyl sites for hydroxylation is 1. The molecule has 1 heterocycles. The number of hydrogen-bond acceptors (Lipinski definition) is 3. The van der Waals surface area contributed by atoms with E-state index >= 15 is 0 Å². The Hall–Kier alpha value is -0.900. The maximum atomic E-state index is 4.38. The van der Waals surface area contributed by atoms with Crippen molar-refractivity contribution in [1.82, 2.24) is 20.1 Å². The second kappa shape index (κ2) is 7.63. The van der Waals surface area contributed by atoms with Crippen molar-refractivity contribution >= 4 is 0 Å². The largest absolute Gasteiger partial charge is 0.317 e. The molecule has 1 saturated carbocycles. The molecule has 1 aliphatic carbocycles. The molecule has 4 nitrogen and oxygen atoms in total. The highest BCUT2D eigenvalue weighted by Gasteiger charge is 2.17. The smallest absolute Gasteiger partial charge is 0.138 e. The van der Waals surface area contributed by atoms with Crippen LogP contribution in [-0.4, -0.2) is 27.9 Å². The van der Waals surface area contributed by atoms with E-state index in [1.54, 1.807) is 6.33 Å². The van der Waals surface area contributed by atoms with Gasteiger partial charge in [-0.2, -0.15) is 5.10 Å². The predicted octanol–water partition coefficient (Wildman–Crippen LogP) is 2.79. The summed E-state index contributed by atoms with van der Waals surface area (Å²) in [6.07, 6.45) is 12.5. The Labute approximate surface area is 117 Å². The van der Waals surface area contributed by atoms with Gasteiger partial charge >= 0.3 is 0 Å². The van der Waals surface area contributed by atoms with Crippen LogP contribution in [0.5, 0.6) is 0 Å². The molecule has 0 bridgehead atoms. The van der Waals surface area contributed by atoms with E-state index in [1.807, 2.05) is 4.68 Å². The van der Waals surface area contributed by atoms with Crippen LogP contribution in [-0.2, 0) is 13.0 Å². The Morgan fingerprint density at radius 3 is 2.84 bits per heavy atom. The Morgan fingerprint density at radius 2 is 2.16 bits per heavy atom. The summed E-state index contributed by atoms with van der Waals surface area (Å²) >= 11 is 0. The third-order valence-electron chi connectivity index (χ3n) is 4.48. The molecule has 19 heavy (non-hydrogen) atoms. The molecule has 0 aliphatic heterocycles. The second-order valence-corrected chi connectivity index (χ2v) is 5.76. The molecular weight excluding hydrogens is 236 g/mol. The highest BCUT2D eigenvalue weighted by molar-refractivity contribution is 4.89. The third kappa shape index (κ3) is 4.30. The van der Waals surface area contributed by atoms with E-state index < -0.39 is 0 Å². The van der Waals surface area contributed by atoms with E-state index in [0.29, 0.717) is 6.04 Å². The van der Waals surface area contributed by atoms with E-state index in [2.05, 4.69) is 29.4 Å². The SMILES string of the molecule is CCn1ncnc1CC(CCC1CCCCC1)NC. The van der Waals surface area contributed by atoms with E-state index in [-0.39, 0.29) is 0 Å². The maximum absolute atomic E-state index is 4.38. The van der Waals surface area contributed by atoms with Crippen LogP contribution in [0, 0.1) is 5.92 Å². The number of aromatic nitrogens is 3. The molecule has 0 spiro atoms. The van der Waals surface area contributed by atoms with Gasteiger partial charge in [-0.1, -0.05) is 32.1 Å². The minimum atomic E-state index is 0.538. The molecule has 1 atom stereocenters. The molecule has 1 aromatic heterocycles. The molecule has 2 rings (SSSR count). The first-order chi connectivity index (χ1) is 9.33. The van der Waals surface area contributed by atoms with Crippen molar-refractivity contribution in [2.24, 2.45) is 5.92 Å². The van der Waals surface area contributed by atoms with E-state index in [1.165, 1.54) is 44.9 Å². The summed E-state index contributed by atoms with van der Waals surface area (Å²) in [5.74, 6) is 2.08. The van der Waals surface area contributed by atoms with Gasteiger partial charge in [-0.25, -0.2) is 4.98 Å². The van der Waals surface area contributed by atoms with E-state index in [4.69, 9.17) is 0 Å². The average Bonchev–Trinajstić information content (AvgIpc) is 2.91. The summed E-state index contributed by atoms with van der Waals surface area (Å²) in [7, 11) is 2.07. The lowest BCUT2D eigenvalue weighted by Crippen LogP contribution is -2.29. The average molecular weight is 264 g/mol. The Balaban J connectivity index is 1.79. The van der Waals surface area contributed by atoms with Crippen LogP contribution in [0.1, 0.15) is 57.7 Å². The molecule has 1 unspecified atom stereocenters. The maximum Gasteiger partial charge on any atom is 0.138 e.